The van der Waals surface area contributed by atoms with Gasteiger partial charge in [0.15, 0.2) is 0 Å². The Morgan fingerprint density at radius 3 is 2.46 bits per heavy atom. The van der Waals surface area contributed by atoms with Crippen molar-refractivity contribution in [3.63, 3.8) is 0 Å². The molecule has 1 aliphatic heterocycles. The lowest BCUT2D eigenvalue weighted by Crippen LogP contribution is -2.42. The molecule has 1 atom stereocenters. The van der Waals surface area contributed by atoms with Crippen molar-refractivity contribution in [2.75, 3.05) is 13.7 Å². The van der Waals surface area contributed by atoms with E-state index in [4.69, 9.17) is 38.0 Å². The van der Waals surface area contributed by atoms with Gasteiger partial charge < -0.3 is 9.94 Å². The van der Waals surface area contributed by atoms with Crippen LogP contribution in [0.15, 0.2) is 46.5 Å². The van der Waals surface area contributed by atoms with Gasteiger partial charge in [0, 0.05) is 33.8 Å². The second-order valence-corrected chi connectivity index (χ2v) is 8.33. The van der Waals surface area contributed by atoms with Crippen molar-refractivity contribution < 1.29 is 37.5 Å². The number of oxime groups is 1. The van der Waals surface area contributed by atoms with Gasteiger partial charge in [-0.3, -0.25) is 9.63 Å². The molecular weight excluding hydrogens is 514 g/mol. The fraction of sp³-hybridized carbons (Fsp3) is 0.273. The predicted molar refractivity (Wildman–Crippen MR) is 122 cm³/mol. The molecule has 3 rings (SSSR count). The van der Waals surface area contributed by atoms with Crippen LogP contribution < -0.4 is 0 Å². The van der Waals surface area contributed by atoms with Crippen LogP contribution in [0.5, 0.6) is 0 Å². The van der Waals surface area contributed by atoms with Gasteiger partial charge in [-0.05, 0) is 48.4 Å². The molecule has 0 radical (unpaired) electrons. The normalized spacial score (nSPS) is 17.9. The summed E-state index contributed by atoms with van der Waals surface area (Å²) in [5.74, 6) is -0.601. The third-order valence-corrected chi connectivity index (χ3v) is 5.64. The van der Waals surface area contributed by atoms with Crippen molar-refractivity contribution in [3.05, 3.63) is 68.7 Å². The number of aryl methyl sites for hydroxylation is 1. The van der Waals surface area contributed by atoms with E-state index in [1.165, 1.54) is 31.4 Å². The van der Waals surface area contributed by atoms with Crippen LogP contribution in [0.4, 0.5) is 18.0 Å². The van der Waals surface area contributed by atoms with E-state index in [1.54, 1.807) is 6.92 Å². The van der Waals surface area contributed by atoms with Crippen LogP contribution in [0.2, 0.25) is 10.0 Å². The van der Waals surface area contributed by atoms with Crippen LogP contribution in [-0.4, -0.2) is 53.9 Å². The van der Waals surface area contributed by atoms with Crippen molar-refractivity contribution in [3.8, 4) is 0 Å². The minimum atomic E-state index is -4.84. The fourth-order valence-corrected chi connectivity index (χ4v) is 4.02. The smallest absolute Gasteiger partial charge is 0.435 e. The Labute approximate surface area is 207 Å². The zero-order valence-corrected chi connectivity index (χ0v) is 19.8. The SMILES string of the molecule is CON(C/C=N/C(=O)O)C(=O)c1ccc(C2=NOC(c3cc(Cl)cc(Cl)c3)(C(F)(F)F)C2)cc1C. The van der Waals surface area contributed by atoms with Crippen LogP contribution in [0.1, 0.15) is 33.5 Å². The number of alkyl halides is 3. The number of carbonyl (C=O) groups excluding carboxylic acids is 1. The van der Waals surface area contributed by atoms with Crippen molar-refractivity contribution >= 4 is 47.1 Å². The Morgan fingerprint density at radius 1 is 1.26 bits per heavy atom. The summed E-state index contributed by atoms with van der Waals surface area (Å²) in [6.45, 7) is 1.35. The van der Waals surface area contributed by atoms with Crippen LogP contribution in [0.3, 0.4) is 0 Å². The molecule has 1 aliphatic rings. The highest BCUT2D eigenvalue weighted by atomic mass is 35.5. The number of hydrogen-bond acceptors (Lipinski definition) is 5. The van der Waals surface area contributed by atoms with Crippen LogP contribution in [0, 0.1) is 6.92 Å². The molecule has 0 bridgehead atoms. The Balaban J connectivity index is 1.88. The van der Waals surface area contributed by atoms with E-state index >= 15 is 0 Å². The van der Waals surface area contributed by atoms with Gasteiger partial charge >= 0.3 is 12.3 Å². The van der Waals surface area contributed by atoms with Gasteiger partial charge in [-0.15, -0.1) is 0 Å². The van der Waals surface area contributed by atoms with Crippen molar-refractivity contribution in [2.24, 2.45) is 10.1 Å². The van der Waals surface area contributed by atoms with E-state index in [0.29, 0.717) is 11.1 Å². The topological polar surface area (TPSA) is 101 Å². The molecule has 0 aliphatic carbocycles. The maximum Gasteiger partial charge on any atom is 0.435 e. The van der Waals surface area contributed by atoms with Gasteiger partial charge in [-0.1, -0.05) is 34.4 Å². The van der Waals surface area contributed by atoms with Gasteiger partial charge in [0.2, 0.25) is 0 Å². The van der Waals surface area contributed by atoms with Crippen LogP contribution in [-0.2, 0) is 15.3 Å². The summed E-state index contributed by atoms with van der Waals surface area (Å²) in [6, 6.07) is 7.88. The van der Waals surface area contributed by atoms with Gasteiger partial charge in [-0.2, -0.15) is 18.2 Å². The number of aliphatic imine (C=N–C) groups is 1. The van der Waals surface area contributed by atoms with Crippen LogP contribution in [0.25, 0.3) is 0 Å². The van der Waals surface area contributed by atoms with Crippen LogP contribution >= 0.6 is 23.2 Å². The number of halogens is 5. The van der Waals surface area contributed by atoms with E-state index in [0.717, 1.165) is 23.4 Å². The Bertz CT molecular complexity index is 1200. The van der Waals surface area contributed by atoms with Gasteiger partial charge in [-0.25, -0.2) is 9.86 Å². The average molecular weight is 532 g/mol. The Kier molecular flexibility index (Phi) is 7.73. The maximum atomic E-state index is 14.2. The minimum absolute atomic E-state index is 0.0118. The van der Waals surface area contributed by atoms with E-state index < -0.39 is 30.2 Å². The average Bonchev–Trinajstić information content (AvgIpc) is 3.22. The first-order valence-electron chi connectivity index (χ1n) is 9.88. The van der Waals surface area contributed by atoms with E-state index in [-0.39, 0.29) is 33.4 Å². The number of carboxylic acid groups (broad SMARTS) is 1. The lowest BCUT2D eigenvalue weighted by molar-refractivity contribution is -0.275. The molecule has 13 heteroatoms. The summed E-state index contributed by atoms with van der Waals surface area (Å²) in [4.78, 5) is 36.4. The largest absolute Gasteiger partial charge is 0.463 e. The van der Waals surface area contributed by atoms with E-state index in [9.17, 15) is 22.8 Å². The summed E-state index contributed by atoms with van der Waals surface area (Å²) in [6.07, 6.45) is -5.93. The molecule has 1 heterocycles. The first-order chi connectivity index (χ1) is 16.4. The molecule has 186 valence electrons. The quantitative estimate of drug-likeness (QED) is 0.384. The van der Waals surface area contributed by atoms with Gasteiger partial charge in [0.05, 0.1) is 19.4 Å². The molecule has 0 spiro atoms. The number of rotatable bonds is 6. The summed E-state index contributed by atoms with van der Waals surface area (Å²) < 4.78 is 42.6. The zero-order chi connectivity index (χ0) is 26.0. The highest BCUT2D eigenvalue weighted by Gasteiger charge is 2.62. The number of hydrogen-bond donors (Lipinski definition) is 1. The van der Waals surface area contributed by atoms with E-state index in [1.807, 2.05) is 0 Å². The maximum absolute atomic E-state index is 14.2. The molecule has 1 N–H and O–H groups in total. The second kappa shape index (κ2) is 10.2. The fourth-order valence-electron chi connectivity index (χ4n) is 3.50. The van der Waals surface area contributed by atoms with Crippen molar-refractivity contribution in [1.29, 1.82) is 0 Å². The molecule has 2 aromatic rings. The van der Waals surface area contributed by atoms with Crippen molar-refractivity contribution in [2.45, 2.75) is 25.1 Å². The molecule has 35 heavy (non-hydrogen) atoms. The molecule has 0 saturated heterocycles. The first-order valence-corrected chi connectivity index (χ1v) is 10.6. The highest BCUT2D eigenvalue weighted by Crippen LogP contribution is 2.49. The summed E-state index contributed by atoms with van der Waals surface area (Å²) >= 11 is 11.8. The zero-order valence-electron chi connectivity index (χ0n) is 18.3. The Hall–Kier alpha value is -3.15. The molecule has 2 aromatic carbocycles. The molecule has 0 aromatic heterocycles. The number of nitrogens with zero attached hydrogens (tertiary/aromatic N) is 3. The molecule has 0 fully saturated rings. The molecule has 1 unspecified atom stereocenters. The molecular formula is C22H18Cl2F3N3O5. The van der Waals surface area contributed by atoms with Gasteiger partial charge in [0.25, 0.3) is 11.5 Å². The molecule has 0 saturated carbocycles. The van der Waals surface area contributed by atoms with Gasteiger partial charge in [0.1, 0.15) is 0 Å². The molecule has 2 amide bonds. The third kappa shape index (κ3) is 5.58. The third-order valence-electron chi connectivity index (χ3n) is 5.20. The lowest BCUT2D eigenvalue weighted by Gasteiger charge is -2.29. The number of benzene rings is 2. The number of carbonyl (C=O) groups is 2. The minimum Gasteiger partial charge on any atom is -0.463 e. The summed E-state index contributed by atoms with van der Waals surface area (Å²) in [5, 5.41) is 13.2. The molecule has 8 nitrogen and oxygen atoms in total. The number of amides is 2. The number of hydroxylamine groups is 2. The first kappa shape index (κ1) is 26.5. The van der Waals surface area contributed by atoms with Crippen molar-refractivity contribution in [1.82, 2.24) is 5.06 Å². The standard InChI is InChI=1S/C22H18Cl2F3N3O5/c1-12-7-13(3-4-17(12)19(31)30(34-2)6-5-28-20(32)33)18-11-21(35-29-18,22(25,26)27)14-8-15(23)10-16(24)9-14/h3-5,7-10H,6,11H2,1-2H3,(H,32,33)/b28-5+. The highest BCUT2D eigenvalue weighted by molar-refractivity contribution is 6.34. The summed E-state index contributed by atoms with van der Waals surface area (Å²) in [5.41, 5.74) is -2.14. The van der Waals surface area contributed by atoms with E-state index in [2.05, 4.69) is 10.1 Å². The monoisotopic (exact) mass is 531 g/mol. The predicted octanol–water partition coefficient (Wildman–Crippen LogP) is 5.64. The summed E-state index contributed by atoms with van der Waals surface area (Å²) in [7, 11) is 1.22. The Morgan fingerprint density at radius 2 is 1.91 bits per heavy atom. The lowest BCUT2D eigenvalue weighted by atomic mass is 9.86. The second-order valence-electron chi connectivity index (χ2n) is 7.46.